The van der Waals surface area contributed by atoms with Crippen LogP contribution in [0.1, 0.15) is 46.1 Å². The van der Waals surface area contributed by atoms with Gasteiger partial charge in [-0.15, -0.1) is 0 Å². The number of halogens is 4. The maximum Gasteiger partial charge on any atom is 0.417 e. The summed E-state index contributed by atoms with van der Waals surface area (Å²) in [4.78, 5) is 53.9. The van der Waals surface area contributed by atoms with Crippen LogP contribution >= 0.6 is 0 Å². The van der Waals surface area contributed by atoms with Crippen LogP contribution in [0.3, 0.4) is 0 Å². The number of carbonyl (C=O) groups excluding carboxylic acids is 3. The van der Waals surface area contributed by atoms with Crippen molar-refractivity contribution in [3.63, 3.8) is 0 Å². The number of nitrogens with one attached hydrogen (secondary N) is 2. The van der Waals surface area contributed by atoms with Gasteiger partial charge in [0.05, 0.1) is 64.1 Å². The van der Waals surface area contributed by atoms with Crippen LogP contribution in [0.4, 0.5) is 23.2 Å². The minimum Gasteiger partial charge on any atom is -0.491 e. The van der Waals surface area contributed by atoms with Crippen molar-refractivity contribution < 1.29 is 54.9 Å². The number of benzene rings is 4. The monoisotopic (exact) mass is 892 g/mol. The molecule has 1 aliphatic rings. The van der Waals surface area contributed by atoms with Gasteiger partial charge in [0.1, 0.15) is 18.2 Å². The van der Waals surface area contributed by atoms with Crippen LogP contribution in [0.25, 0.3) is 10.8 Å². The molecule has 0 radical (unpaired) electrons. The van der Waals surface area contributed by atoms with Gasteiger partial charge in [0, 0.05) is 43.7 Å². The molecule has 1 unspecified atom stereocenters. The first-order valence-corrected chi connectivity index (χ1v) is 21.0. The van der Waals surface area contributed by atoms with E-state index in [1.807, 2.05) is 0 Å². The summed E-state index contributed by atoms with van der Waals surface area (Å²) >= 11 is 0. The van der Waals surface area contributed by atoms with Crippen LogP contribution in [0.2, 0.25) is 0 Å². The number of rotatable bonds is 15. The van der Waals surface area contributed by atoms with Crippen LogP contribution in [-0.4, -0.2) is 109 Å². The second kappa shape index (κ2) is 19.1. The van der Waals surface area contributed by atoms with E-state index in [2.05, 4.69) is 15.5 Å². The van der Waals surface area contributed by atoms with Crippen molar-refractivity contribution in [1.82, 2.24) is 20.0 Å². The van der Waals surface area contributed by atoms with E-state index in [4.69, 9.17) is 14.7 Å². The summed E-state index contributed by atoms with van der Waals surface area (Å²) in [7, 11) is -4.30. The summed E-state index contributed by atoms with van der Waals surface area (Å²) in [6.45, 7) is 1.95. The Morgan fingerprint density at radius 3 is 2.29 bits per heavy atom. The number of carbonyl (C=O) groups is 3. The molecule has 1 aliphatic heterocycles. The molecular formula is C43H40F4N6O9S. The first-order chi connectivity index (χ1) is 29.9. The summed E-state index contributed by atoms with van der Waals surface area (Å²) in [6, 6.07) is 20.1. The van der Waals surface area contributed by atoms with E-state index in [1.54, 1.807) is 35.2 Å². The van der Waals surface area contributed by atoms with E-state index in [1.165, 1.54) is 47.4 Å². The summed E-state index contributed by atoms with van der Waals surface area (Å²) in [5.41, 5.74) is -4.20. The number of piperazine rings is 1. The zero-order chi connectivity index (χ0) is 45.5. The number of sulfone groups is 1. The molecule has 1 fully saturated rings. The normalized spacial score (nSPS) is 14.2. The smallest absolute Gasteiger partial charge is 0.417 e. The van der Waals surface area contributed by atoms with Gasteiger partial charge in [-0.1, -0.05) is 24.3 Å². The number of aliphatic hydroxyl groups is 1. The van der Waals surface area contributed by atoms with Crippen molar-refractivity contribution in [1.29, 1.82) is 5.26 Å². The fourth-order valence-corrected chi connectivity index (χ4v) is 8.38. The second-order valence-corrected chi connectivity index (χ2v) is 16.7. The summed E-state index contributed by atoms with van der Waals surface area (Å²) in [6.07, 6.45) is -4.60. The minimum absolute atomic E-state index is 0.0388. The number of aromatic amines is 1. The van der Waals surface area contributed by atoms with Crippen LogP contribution in [-0.2, 0) is 36.8 Å². The van der Waals surface area contributed by atoms with Crippen molar-refractivity contribution in [3.05, 3.63) is 129 Å². The molecule has 0 saturated carbocycles. The predicted molar refractivity (Wildman–Crippen MR) is 219 cm³/mol. The van der Waals surface area contributed by atoms with E-state index >= 15 is 0 Å². The van der Waals surface area contributed by atoms with Gasteiger partial charge in [-0.05, 0) is 73.2 Å². The van der Waals surface area contributed by atoms with Gasteiger partial charge in [0.2, 0.25) is 5.91 Å². The SMILES string of the molecule is CC(O)(CS(=O)(=O)c1ccc(OCCOCCC(=O)N2CCN(C(=O)c3cc(Cc4n[nH]c(=O)c5ccccc45)ccc3F)CC2)cc1)C(=O)Nc1ccc(C#N)c(C(F)(F)F)c1. The summed E-state index contributed by atoms with van der Waals surface area (Å²) in [5, 5.41) is 29.5. The Balaban J connectivity index is 0.905. The van der Waals surface area contributed by atoms with Crippen LogP contribution in [0.5, 0.6) is 5.75 Å². The van der Waals surface area contributed by atoms with Gasteiger partial charge >= 0.3 is 6.18 Å². The highest BCUT2D eigenvalue weighted by molar-refractivity contribution is 7.91. The average Bonchev–Trinajstić information content (AvgIpc) is 3.25. The van der Waals surface area contributed by atoms with Crippen molar-refractivity contribution in [2.45, 2.75) is 36.4 Å². The highest BCUT2D eigenvalue weighted by Gasteiger charge is 2.38. The molecule has 1 atom stereocenters. The van der Waals surface area contributed by atoms with E-state index in [-0.39, 0.29) is 86.5 Å². The summed E-state index contributed by atoms with van der Waals surface area (Å²) in [5.74, 6) is -3.52. The van der Waals surface area contributed by atoms with Gasteiger partial charge in [-0.25, -0.2) is 17.9 Å². The molecule has 330 valence electrons. The molecule has 15 nitrogen and oxygen atoms in total. The molecule has 3 N–H and O–H groups in total. The molecule has 3 amide bonds. The Bertz CT molecular complexity index is 2730. The highest BCUT2D eigenvalue weighted by atomic mass is 32.2. The third-order valence-corrected chi connectivity index (χ3v) is 12.1. The molecule has 1 saturated heterocycles. The topological polar surface area (TPSA) is 212 Å². The number of fused-ring (bicyclic) bond motifs is 1. The Labute approximate surface area is 357 Å². The van der Waals surface area contributed by atoms with Gasteiger partial charge < -0.3 is 29.7 Å². The third kappa shape index (κ3) is 11.2. The maximum atomic E-state index is 14.9. The summed E-state index contributed by atoms with van der Waals surface area (Å²) < 4.78 is 92.1. The average molecular weight is 893 g/mol. The number of nitriles is 1. The fourth-order valence-electron chi connectivity index (χ4n) is 6.80. The Morgan fingerprint density at radius 2 is 1.60 bits per heavy atom. The molecule has 0 aliphatic carbocycles. The molecule has 5 aromatic rings. The standard InChI is InChI=1S/C43H40F4N6O9S/c1-42(58,41(57)49-29-8-7-28(25-48)35(24-29)43(45,46)47)26-63(59,60)31-11-9-30(10-12-31)62-21-20-61-19-14-38(54)52-15-17-53(18-16-52)40(56)34-22-27(6-13-36(34)44)23-37-32-4-2-3-5-33(32)39(55)51-50-37/h2-13,22,24,58H,14-21,23,26H2,1H3,(H,49,57)(H,51,55). The molecule has 6 rings (SSSR count). The number of aromatic nitrogens is 2. The Morgan fingerprint density at radius 1 is 0.921 bits per heavy atom. The number of hydrogen-bond donors (Lipinski definition) is 3. The lowest BCUT2D eigenvalue weighted by Gasteiger charge is -2.35. The predicted octanol–water partition coefficient (Wildman–Crippen LogP) is 4.48. The van der Waals surface area contributed by atoms with E-state index in [9.17, 15) is 50.3 Å². The minimum atomic E-state index is -4.90. The number of anilines is 1. The fraction of sp³-hybridized carbons (Fsp3) is 0.302. The molecule has 2 heterocycles. The number of H-pyrrole nitrogens is 1. The number of amides is 3. The maximum absolute atomic E-state index is 14.9. The van der Waals surface area contributed by atoms with E-state index in [0.29, 0.717) is 28.1 Å². The van der Waals surface area contributed by atoms with Crippen LogP contribution < -0.4 is 15.6 Å². The lowest BCUT2D eigenvalue weighted by atomic mass is 10.0. The van der Waals surface area contributed by atoms with Crippen LogP contribution in [0, 0.1) is 17.1 Å². The molecule has 20 heteroatoms. The molecule has 1 aromatic heterocycles. The first kappa shape index (κ1) is 45.8. The van der Waals surface area contributed by atoms with Gasteiger partial charge in [0.25, 0.3) is 17.4 Å². The van der Waals surface area contributed by atoms with Crippen LogP contribution in [0.15, 0.2) is 94.6 Å². The largest absolute Gasteiger partial charge is 0.491 e. The van der Waals surface area contributed by atoms with E-state index in [0.717, 1.165) is 19.1 Å². The van der Waals surface area contributed by atoms with Crippen molar-refractivity contribution in [3.8, 4) is 11.8 Å². The van der Waals surface area contributed by atoms with E-state index < -0.39 is 61.8 Å². The lowest BCUT2D eigenvalue weighted by molar-refractivity contribution is -0.138. The Hall–Kier alpha value is -6.69. The number of alkyl halides is 3. The van der Waals surface area contributed by atoms with Gasteiger partial charge in [-0.3, -0.25) is 19.2 Å². The molecule has 0 bridgehead atoms. The Kier molecular flexibility index (Phi) is 13.9. The number of nitrogens with zero attached hydrogens (tertiary/aromatic N) is 4. The van der Waals surface area contributed by atoms with Gasteiger partial charge in [-0.2, -0.15) is 23.5 Å². The molecule has 4 aromatic carbocycles. The second-order valence-electron chi connectivity index (χ2n) is 14.7. The lowest BCUT2D eigenvalue weighted by Crippen LogP contribution is -2.50. The molecular weight excluding hydrogens is 853 g/mol. The van der Waals surface area contributed by atoms with Crippen molar-refractivity contribution >= 4 is 44.0 Å². The number of ether oxygens (including phenoxy) is 2. The zero-order valence-electron chi connectivity index (χ0n) is 33.6. The van der Waals surface area contributed by atoms with Crippen molar-refractivity contribution in [2.24, 2.45) is 0 Å². The zero-order valence-corrected chi connectivity index (χ0v) is 34.4. The molecule has 0 spiro atoms. The highest BCUT2D eigenvalue weighted by Crippen LogP contribution is 2.34. The van der Waals surface area contributed by atoms with Crippen molar-refractivity contribution in [2.75, 3.05) is 57.1 Å². The molecule has 63 heavy (non-hydrogen) atoms. The first-order valence-electron chi connectivity index (χ1n) is 19.4. The number of hydrogen-bond acceptors (Lipinski definition) is 11. The quantitative estimate of drug-likeness (QED) is 0.0986. The van der Waals surface area contributed by atoms with Gasteiger partial charge in [0.15, 0.2) is 15.4 Å². The third-order valence-electron chi connectivity index (χ3n) is 10.1.